The first kappa shape index (κ1) is 25.9. The number of para-hydroxylation sites is 1. The number of aromatic nitrogens is 2. The summed E-state index contributed by atoms with van der Waals surface area (Å²) in [5.74, 6) is -0.761. The van der Waals surface area contributed by atoms with Crippen LogP contribution < -0.4 is 10.6 Å². The largest absolute Gasteiger partial charge is 0.352 e. The Kier molecular flexibility index (Phi) is 7.44. The van der Waals surface area contributed by atoms with E-state index in [1.54, 1.807) is 24.4 Å². The van der Waals surface area contributed by atoms with Crippen LogP contribution in [0, 0.1) is 19.7 Å². The fourth-order valence-corrected chi connectivity index (χ4v) is 5.60. The number of hydrogen-bond acceptors (Lipinski definition) is 3. The van der Waals surface area contributed by atoms with Crippen LogP contribution in [0.2, 0.25) is 5.02 Å². The maximum absolute atomic E-state index is 14.1. The zero-order valence-corrected chi connectivity index (χ0v) is 22.6. The van der Waals surface area contributed by atoms with Crippen molar-refractivity contribution in [2.24, 2.45) is 0 Å². The summed E-state index contributed by atoms with van der Waals surface area (Å²) in [5.41, 5.74) is 5.15. The highest BCUT2D eigenvalue weighted by Crippen LogP contribution is 2.41. The van der Waals surface area contributed by atoms with E-state index < -0.39 is 5.82 Å². The monoisotopic (exact) mass is 547 g/mol. The normalized spacial score (nSPS) is 16.9. The highest BCUT2D eigenvalue weighted by atomic mass is 35.5. The molecule has 194 valence electrons. The van der Waals surface area contributed by atoms with Crippen LogP contribution in [0.3, 0.4) is 0 Å². The minimum Gasteiger partial charge on any atom is -0.352 e. The first-order valence-electron chi connectivity index (χ1n) is 12.3. The van der Waals surface area contributed by atoms with E-state index in [0.29, 0.717) is 16.7 Å². The summed E-state index contributed by atoms with van der Waals surface area (Å²) >= 11 is 12.1. The van der Waals surface area contributed by atoms with Crippen LogP contribution in [-0.4, -0.2) is 32.0 Å². The maximum atomic E-state index is 14.1. The summed E-state index contributed by atoms with van der Waals surface area (Å²) in [6, 6.07) is 21.4. The molecule has 1 amide bonds. The molecule has 9 heteroatoms. The minimum absolute atomic E-state index is 0.134. The Bertz CT molecular complexity index is 1490. The van der Waals surface area contributed by atoms with Gasteiger partial charge in [-0.1, -0.05) is 35.9 Å². The Morgan fingerprint density at radius 2 is 1.89 bits per heavy atom. The van der Waals surface area contributed by atoms with Gasteiger partial charge in [0.25, 0.3) is 0 Å². The van der Waals surface area contributed by atoms with Gasteiger partial charge >= 0.3 is 0 Å². The minimum atomic E-state index is -0.472. The highest BCUT2D eigenvalue weighted by molar-refractivity contribution is 7.80. The lowest BCUT2D eigenvalue weighted by atomic mass is 9.96. The Hall–Kier alpha value is -3.75. The van der Waals surface area contributed by atoms with E-state index in [9.17, 15) is 9.18 Å². The number of aryl methyl sites for hydroxylation is 1. The number of carbonyl (C=O) groups excluding carboxylic acids is 1. The summed E-state index contributed by atoms with van der Waals surface area (Å²) < 4.78 is 16.2. The van der Waals surface area contributed by atoms with Crippen LogP contribution in [0.4, 0.5) is 10.1 Å². The molecule has 2 aromatic carbocycles. The van der Waals surface area contributed by atoms with Crippen molar-refractivity contribution in [2.75, 3.05) is 11.9 Å². The van der Waals surface area contributed by atoms with Crippen molar-refractivity contribution < 1.29 is 9.18 Å². The predicted molar refractivity (Wildman–Crippen MR) is 152 cm³/mol. The summed E-state index contributed by atoms with van der Waals surface area (Å²) in [5, 5.41) is 7.29. The molecule has 3 heterocycles. The van der Waals surface area contributed by atoms with Crippen molar-refractivity contribution in [2.45, 2.75) is 32.4 Å². The molecule has 2 aromatic heterocycles. The van der Waals surface area contributed by atoms with Gasteiger partial charge in [0.05, 0.1) is 23.5 Å². The Morgan fingerprint density at radius 1 is 1.11 bits per heavy atom. The molecule has 5 rings (SSSR count). The van der Waals surface area contributed by atoms with E-state index in [-0.39, 0.29) is 30.1 Å². The number of benzene rings is 2. The number of thiocarbonyl (C=S) groups is 1. The number of amides is 1. The van der Waals surface area contributed by atoms with Gasteiger partial charge in [-0.2, -0.15) is 0 Å². The van der Waals surface area contributed by atoms with Crippen molar-refractivity contribution in [3.05, 3.63) is 112 Å². The predicted octanol–water partition coefficient (Wildman–Crippen LogP) is 6.28. The first-order valence-corrected chi connectivity index (χ1v) is 13.1. The average Bonchev–Trinajstić information content (AvgIpc) is 3.39. The lowest BCUT2D eigenvalue weighted by Crippen LogP contribution is -2.33. The van der Waals surface area contributed by atoms with Crippen LogP contribution in [0.1, 0.15) is 41.1 Å². The Labute approximate surface area is 231 Å². The van der Waals surface area contributed by atoms with Gasteiger partial charge in [-0.25, -0.2) is 4.39 Å². The van der Waals surface area contributed by atoms with E-state index >= 15 is 0 Å². The van der Waals surface area contributed by atoms with Crippen LogP contribution in [0.25, 0.3) is 5.69 Å². The van der Waals surface area contributed by atoms with E-state index in [2.05, 4.69) is 40.1 Å². The SMILES string of the molecule is Cc1cc(C2C(c3ccccn3)NC(=S)N2CCC(=O)Nc2ccccc2F)c(C)n1-c1cccc(Cl)c1. The van der Waals surface area contributed by atoms with Crippen molar-refractivity contribution >= 4 is 40.5 Å². The van der Waals surface area contributed by atoms with Gasteiger partial charge in [-0.05, 0) is 80.2 Å². The standard InChI is InChI=1S/C29H27ClFN5OS/c1-18-16-22(19(2)36(18)21-9-7-8-20(30)17-21)28-27(25-12-5-6-14-32-25)34-29(38)35(28)15-13-26(37)33-24-11-4-3-10-23(24)31/h3-12,14,16-17,27-28H,13,15H2,1-2H3,(H,33,37)(H,34,38). The van der Waals surface area contributed by atoms with Crippen molar-refractivity contribution in [1.29, 1.82) is 0 Å². The molecule has 2 unspecified atom stereocenters. The summed E-state index contributed by atoms with van der Waals surface area (Å²) in [6.45, 7) is 4.48. The first-order chi connectivity index (χ1) is 18.3. The molecule has 2 atom stereocenters. The fourth-order valence-electron chi connectivity index (χ4n) is 5.08. The zero-order chi connectivity index (χ0) is 26.8. The van der Waals surface area contributed by atoms with Gasteiger partial charge in [0.15, 0.2) is 5.11 Å². The molecule has 0 bridgehead atoms. The van der Waals surface area contributed by atoms with Crippen LogP contribution >= 0.6 is 23.8 Å². The molecule has 0 spiro atoms. The fraction of sp³-hybridized carbons (Fsp3) is 0.207. The number of pyridine rings is 1. The average molecular weight is 548 g/mol. The highest BCUT2D eigenvalue weighted by Gasteiger charge is 2.41. The topological polar surface area (TPSA) is 62.2 Å². The summed E-state index contributed by atoms with van der Waals surface area (Å²) in [6.07, 6.45) is 1.89. The second-order valence-corrected chi connectivity index (χ2v) is 10.1. The number of anilines is 1. The number of carbonyl (C=O) groups is 1. The van der Waals surface area contributed by atoms with Crippen LogP contribution in [0.15, 0.2) is 79.0 Å². The van der Waals surface area contributed by atoms with Crippen molar-refractivity contribution in [3.8, 4) is 5.69 Å². The second kappa shape index (κ2) is 10.9. The summed E-state index contributed by atoms with van der Waals surface area (Å²) in [7, 11) is 0. The number of halogens is 2. The van der Waals surface area contributed by atoms with E-state index in [4.69, 9.17) is 23.8 Å². The van der Waals surface area contributed by atoms with Gasteiger partial charge in [-0.3, -0.25) is 9.78 Å². The molecule has 4 aromatic rings. The molecule has 0 aliphatic carbocycles. The van der Waals surface area contributed by atoms with Gasteiger partial charge in [-0.15, -0.1) is 0 Å². The third-order valence-corrected chi connectivity index (χ3v) is 7.37. The molecule has 6 nitrogen and oxygen atoms in total. The van der Waals surface area contributed by atoms with E-state index in [0.717, 1.165) is 28.3 Å². The molecular formula is C29H27ClFN5OS. The molecule has 0 saturated carbocycles. The number of nitrogens with zero attached hydrogens (tertiary/aromatic N) is 3. The Morgan fingerprint density at radius 3 is 2.63 bits per heavy atom. The molecule has 2 N–H and O–H groups in total. The smallest absolute Gasteiger partial charge is 0.226 e. The van der Waals surface area contributed by atoms with Gasteiger partial charge in [0.1, 0.15) is 5.82 Å². The third kappa shape index (κ3) is 5.14. The molecule has 1 saturated heterocycles. The van der Waals surface area contributed by atoms with Crippen LogP contribution in [0.5, 0.6) is 0 Å². The van der Waals surface area contributed by atoms with Crippen LogP contribution in [-0.2, 0) is 4.79 Å². The molecule has 1 aliphatic heterocycles. The Balaban J connectivity index is 1.48. The maximum Gasteiger partial charge on any atom is 0.226 e. The molecule has 0 radical (unpaired) electrons. The third-order valence-electron chi connectivity index (χ3n) is 6.78. The van der Waals surface area contributed by atoms with Gasteiger partial charge in [0.2, 0.25) is 5.91 Å². The van der Waals surface area contributed by atoms with Crippen molar-refractivity contribution in [1.82, 2.24) is 19.8 Å². The van der Waals surface area contributed by atoms with Gasteiger partial charge < -0.3 is 20.1 Å². The quantitative estimate of drug-likeness (QED) is 0.267. The van der Waals surface area contributed by atoms with Gasteiger partial charge in [0, 0.05) is 41.3 Å². The zero-order valence-electron chi connectivity index (χ0n) is 21.0. The number of rotatable bonds is 7. The molecular weight excluding hydrogens is 521 g/mol. The lowest BCUT2D eigenvalue weighted by Gasteiger charge is -2.28. The number of nitrogens with one attached hydrogen (secondary N) is 2. The molecule has 1 fully saturated rings. The molecule has 38 heavy (non-hydrogen) atoms. The van der Waals surface area contributed by atoms with E-state index in [1.165, 1.54) is 6.07 Å². The lowest BCUT2D eigenvalue weighted by molar-refractivity contribution is -0.116. The van der Waals surface area contributed by atoms with Crippen molar-refractivity contribution in [3.63, 3.8) is 0 Å². The number of hydrogen-bond donors (Lipinski definition) is 2. The molecule has 1 aliphatic rings. The van der Waals surface area contributed by atoms with E-state index in [1.807, 2.05) is 47.4 Å². The summed E-state index contributed by atoms with van der Waals surface area (Å²) in [4.78, 5) is 19.4. The second-order valence-electron chi connectivity index (χ2n) is 9.24.